The van der Waals surface area contributed by atoms with E-state index in [0.29, 0.717) is 11.3 Å². The largest absolute Gasteiger partial charge is 0.496 e. The standard InChI is InChI=1S/C12H16FNO3/c1-8(14-7-12(15)17-3)10-6-9(13)4-5-11(10)16-2/h4-6,8,14H,7H2,1-3H3/t8-/m1/s1. The summed E-state index contributed by atoms with van der Waals surface area (Å²) in [5, 5.41) is 2.93. The van der Waals surface area contributed by atoms with E-state index < -0.39 is 0 Å². The zero-order chi connectivity index (χ0) is 12.8. The van der Waals surface area contributed by atoms with Crippen LogP contribution >= 0.6 is 0 Å². The van der Waals surface area contributed by atoms with Crippen LogP contribution in [0, 0.1) is 5.82 Å². The van der Waals surface area contributed by atoms with Gasteiger partial charge in [-0.05, 0) is 25.1 Å². The minimum atomic E-state index is -0.368. The van der Waals surface area contributed by atoms with Gasteiger partial charge in [-0.3, -0.25) is 4.79 Å². The molecule has 4 nitrogen and oxygen atoms in total. The predicted octanol–water partition coefficient (Wildman–Crippen LogP) is 1.66. The van der Waals surface area contributed by atoms with Gasteiger partial charge < -0.3 is 14.8 Å². The lowest BCUT2D eigenvalue weighted by Crippen LogP contribution is -2.27. The van der Waals surface area contributed by atoms with Crippen LogP contribution in [0.25, 0.3) is 0 Å². The van der Waals surface area contributed by atoms with Crippen LogP contribution in [0.5, 0.6) is 5.75 Å². The Balaban J connectivity index is 2.76. The number of hydrogen-bond acceptors (Lipinski definition) is 4. The molecular weight excluding hydrogens is 225 g/mol. The van der Waals surface area contributed by atoms with E-state index in [4.69, 9.17) is 4.74 Å². The van der Waals surface area contributed by atoms with Crippen molar-refractivity contribution in [2.24, 2.45) is 0 Å². The Morgan fingerprint density at radius 3 is 2.76 bits per heavy atom. The number of ether oxygens (including phenoxy) is 2. The summed E-state index contributed by atoms with van der Waals surface area (Å²) < 4.78 is 22.8. The topological polar surface area (TPSA) is 47.6 Å². The lowest BCUT2D eigenvalue weighted by atomic mass is 10.1. The summed E-state index contributed by atoms with van der Waals surface area (Å²) in [5.41, 5.74) is 0.663. The second-order valence-corrected chi connectivity index (χ2v) is 3.56. The first kappa shape index (κ1) is 13.4. The van der Waals surface area contributed by atoms with Crippen LogP contribution in [0.4, 0.5) is 4.39 Å². The first-order valence-corrected chi connectivity index (χ1v) is 5.22. The lowest BCUT2D eigenvalue weighted by molar-refractivity contribution is -0.139. The van der Waals surface area contributed by atoms with Crippen molar-refractivity contribution in [3.05, 3.63) is 29.6 Å². The molecule has 1 aromatic rings. The van der Waals surface area contributed by atoms with Crippen molar-refractivity contribution in [1.82, 2.24) is 5.32 Å². The van der Waals surface area contributed by atoms with Crippen LogP contribution in [-0.2, 0) is 9.53 Å². The molecule has 0 unspecified atom stereocenters. The van der Waals surface area contributed by atoms with Gasteiger partial charge in [0.2, 0.25) is 0 Å². The Morgan fingerprint density at radius 1 is 1.47 bits per heavy atom. The van der Waals surface area contributed by atoms with Gasteiger partial charge in [-0.25, -0.2) is 4.39 Å². The predicted molar refractivity (Wildman–Crippen MR) is 61.4 cm³/mol. The van der Waals surface area contributed by atoms with Gasteiger partial charge in [0, 0.05) is 11.6 Å². The van der Waals surface area contributed by atoms with Crippen molar-refractivity contribution in [1.29, 1.82) is 0 Å². The fraction of sp³-hybridized carbons (Fsp3) is 0.417. The van der Waals surface area contributed by atoms with E-state index >= 15 is 0 Å². The highest BCUT2D eigenvalue weighted by Gasteiger charge is 2.13. The van der Waals surface area contributed by atoms with Crippen molar-refractivity contribution in [3.8, 4) is 5.75 Å². The molecule has 0 radical (unpaired) electrons. The fourth-order valence-corrected chi connectivity index (χ4v) is 1.46. The Labute approximate surface area is 99.7 Å². The molecule has 0 fully saturated rings. The third kappa shape index (κ3) is 3.71. The summed E-state index contributed by atoms with van der Waals surface area (Å²) in [6.07, 6.45) is 0. The molecule has 1 aromatic carbocycles. The number of rotatable bonds is 5. The van der Waals surface area contributed by atoms with Crippen LogP contribution in [0.3, 0.4) is 0 Å². The quantitative estimate of drug-likeness (QED) is 0.796. The zero-order valence-electron chi connectivity index (χ0n) is 10.1. The summed E-state index contributed by atoms with van der Waals surface area (Å²) in [6.45, 7) is 1.89. The highest BCUT2D eigenvalue weighted by atomic mass is 19.1. The van der Waals surface area contributed by atoms with Crippen LogP contribution in [0.1, 0.15) is 18.5 Å². The molecule has 0 aliphatic rings. The minimum Gasteiger partial charge on any atom is -0.496 e. The van der Waals surface area contributed by atoms with E-state index in [9.17, 15) is 9.18 Å². The Bertz CT molecular complexity index is 395. The van der Waals surface area contributed by atoms with Gasteiger partial charge in [0.05, 0.1) is 20.8 Å². The number of hydrogen-bond donors (Lipinski definition) is 1. The summed E-state index contributed by atoms with van der Waals surface area (Å²) in [5.74, 6) is -0.129. The van der Waals surface area contributed by atoms with Crippen molar-refractivity contribution < 1.29 is 18.7 Å². The highest BCUT2D eigenvalue weighted by molar-refractivity contribution is 5.71. The van der Waals surface area contributed by atoms with Gasteiger partial charge in [-0.2, -0.15) is 0 Å². The van der Waals surface area contributed by atoms with Gasteiger partial charge in [0.25, 0.3) is 0 Å². The third-order valence-electron chi connectivity index (χ3n) is 2.44. The number of benzene rings is 1. The van der Waals surface area contributed by atoms with Crippen LogP contribution in [0.2, 0.25) is 0 Å². The second-order valence-electron chi connectivity index (χ2n) is 3.56. The smallest absolute Gasteiger partial charge is 0.319 e. The number of carbonyl (C=O) groups is 1. The Hall–Kier alpha value is -1.62. The molecule has 17 heavy (non-hydrogen) atoms. The second kappa shape index (κ2) is 6.20. The molecule has 0 bridgehead atoms. The van der Waals surface area contributed by atoms with E-state index in [-0.39, 0.29) is 24.4 Å². The molecule has 0 heterocycles. The van der Waals surface area contributed by atoms with Crippen molar-refractivity contribution in [2.45, 2.75) is 13.0 Å². The van der Waals surface area contributed by atoms with Gasteiger partial charge >= 0.3 is 5.97 Å². The first-order valence-electron chi connectivity index (χ1n) is 5.22. The van der Waals surface area contributed by atoms with E-state index in [1.165, 1.54) is 26.4 Å². The monoisotopic (exact) mass is 241 g/mol. The number of nitrogens with one attached hydrogen (secondary N) is 1. The molecule has 0 amide bonds. The van der Waals surface area contributed by atoms with Crippen LogP contribution in [0.15, 0.2) is 18.2 Å². The number of halogens is 1. The molecule has 5 heteroatoms. The SMILES string of the molecule is COC(=O)CN[C@H](C)c1cc(F)ccc1OC. The Kier molecular flexibility index (Phi) is 4.90. The normalized spacial score (nSPS) is 12.0. The summed E-state index contributed by atoms with van der Waals surface area (Å²) in [4.78, 5) is 11.0. The molecular formula is C12H16FNO3. The first-order chi connectivity index (χ1) is 8.08. The van der Waals surface area contributed by atoms with E-state index in [1.807, 2.05) is 6.92 Å². The van der Waals surface area contributed by atoms with Gasteiger partial charge in [0.1, 0.15) is 11.6 Å². The number of carbonyl (C=O) groups excluding carboxylic acids is 1. The van der Waals surface area contributed by atoms with E-state index in [0.717, 1.165) is 0 Å². The molecule has 1 N–H and O–H groups in total. The van der Waals surface area contributed by atoms with Crippen molar-refractivity contribution in [2.75, 3.05) is 20.8 Å². The fourth-order valence-electron chi connectivity index (χ4n) is 1.46. The van der Waals surface area contributed by atoms with Crippen LogP contribution < -0.4 is 10.1 Å². The summed E-state index contributed by atoms with van der Waals surface area (Å²) in [6, 6.07) is 4.06. The van der Waals surface area contributed by atoms with Crippen LogP contribution in [-0.4, -0.2) is 26.7 Å². The maximum atomic E-state index is 13.1. The average Bonchev–Trinajstić information content (AvgIpc) is 2.35. The molecule has 0 aliphatic heterocycles. The summed E-state index contributed by atoms with van der Waals surface area (Å²) in [7, 11) is 2.83. The summed E-state index contributed by atoms with van der Waals surface area (Å²) >= 11 is 0. The number of esters is 1. The van der Waals surface area contributed by atoms with Gasteiger partial charge in [-0.15, -0.1) is 0 Å². The molecule has 0 spiro atoms. The molecule has 94 valence electrons. The molecule has 0 aromatic heterocycles. The van der Waals surface area contributed by atoms with Gasteiger partial charge in [0.15, 0.2) is 0 Å². The van der Waals surface area contributed by atoms with Gasteiger partial charge in [-0.1, -0.05) is 0 Å². The average molecular weight is 241 g/mol. The molecule has 0 saturated heterocycles. The zero-order valence-corrected chi connectivity index (χ0v) is 10.1. The van der Waals surface area contributed by atoms with Crippen molar-refractivity contribution >= 4 is 5.97 Å². The molecule has 1 atom stereocenters. The highest BCUT2D eigenvalue weighted by Crippen LogP contribution is 2.25. The van der Waals surface area contributed by atoms with E-state index in [2.05, 4.69) is 10.1 Å². The molecule has 0 saturated carbocycles. The maximum Gasteiger partial charge on any atom is 0.319 e. The minimum absolute atomic E-state index is 0.0668. The molecule has 0 aliphatic carbocycles. The third-order valence-corrected chi connectivity index (χ3v) is 2.44. The van der Waals surface area contributed by atoms with Crippen molar-refractivity contribution in [3.63, 3.8) is 0 Å². The lowest BCUT2D eigenvalue weighted by Gasteiger charge is -2.16. The number of methoxy groups -OCH3 is 2. The maximum absolute atomic E-state index is 13.1. The van der Waals surface area contributed by atoms with E-state index in [1.54, 1.807) is 6.07 Å². The molecule has 1 rings (SSSR count). The Morgan fingerprint density at radius 2 is 2.18 bits per heavy atom.